The van der Waals surface area contributed by atoms with Crippen molar-refractivity contribution in [2.24, 2.45) is 5.92 Å². The number of nitrogens with zero attached hydrogens (tertiary/aromatic N) is 2. The third-order valence-electron chi connectivity index (χ3n) is 8.66. The van der Waals surface area contributed by atoms with Gasteiger partial charge in [0.1, 0.15) is 5.75 Å². The topological polar surface area (TPSA) is 27.7 Å². The molecule has 3 aliphatic heterocycles. The van der Waals surface area contributed by atoms with Crippen molar-refractivity contribution >= 4 is 0 Å². The number of methoxy groups -OCH3 is 1. The Hall–Kier alpha value is -2.66. The van der Waals surface area contributed by atoms with Gasteiger partial charge in [-0.15, -0.1) is 0 Å². The van der Waals surface area contributed by atoms with E-state index in [1.165, 1.54) is 42.6 Å². The van der Waals surface area contributed by atoms with Crippen LogP contribution in [0.25, 0.3) is 0 Å². The van der Waals surface area contributed by atoms with E-state index in [9.17, 15) is 0 Å². The summed E-state index contributed by atoms with van der Waals surface area (Å²) in [6.45, 7) is 3.20. The molecule has 0 aliphatic carbocycles. The van der Waals surface area contributed by atoms with Gasteiger partial charge in [-0.05, 0) is 43.0 Å². The van der Waals surface area contributed by atoms with Crippen LogP contribution in [0.2, 0.25) is 0 Å². The number of para-hydroxylation sites is 1. The van der Waals surface area contributed by atoms with Crippen molar-refractivity contribution in [1.82, 2.24) is 15.1 Å². The largest absolute Gasteiger partial charge is 0.496 e. The Morgan fingerprint density at radius 2 is 1.51 bits per heavy atom. The molecule has 6 rings (SSSR count). The quantitative estimate of drug-likeness (QED) is 0.542. The Bertz CT molecular complexity index is 1080. The molecule has 4 nitrogen and oxygen atoms in total. The highest BCUT2D eigenvalue weighted by Crippen LogP contribution is 2.48. The number of likely N-dealkylation sites (N-methyl/N-ethyl adjacent to an activating group) is 1. The van der Waals surface area contributed by atoms with E-state index in [1.807, 2.05) is 0 Å². The van der Waals surface area contributed by atoms with Crippen LogP contribution in [0.15, 0.2) is 84.9 Å². The van der Waals surface area contributed by atoms with Gasteiger partial charge in [0.25, 0.3) is 0 Å². The van der Waals surface area contributed by atoms with E-state index in [0.29, 0.717) is 30.1 Å². The minimum absolute atomic E-state index is 0.333. The summed E-state index contributed by atoms with van der Waals surface area (Å²) in [5.41, 5.74) is 4.08. The van der Waals surface area contributed by atoms with Crippen LogP contribution >= 0.6 is 0 Å². The molecule has 0 radical (unpaired) electrons. The van der Waals surface area contributed by atoms with E-state index in [0.717, 1.165) is 18.2 Å². The van der Waals surface area contributed by atoms with Gasteiger partial charge >= 0.3 is 0 Å². The maximum Gasteiger partial charge on any atom is 0.123 e. The van der Waals surface area contributed by atoms with Crippen LogP contribution in [0.3, 0.4) is 0 Å². The lowest BCUT2D eigenvalue weighted by Crippen LogP contribution is -2.66. The number of piperazine rings is 1. The third-order valence-corrected chi connectivity index (χ3v) is 8.66. The van der Waals surface area contributed by atoms with E-state index >= 15 is 0 Å². The summed E-state index contributed by atoms with van der Waals surface area (Å²) >= 11 is 0. The Morgan fingerprint density at radius 3 is 2.20 bits per heavy atom. The normalized spacial score (nSPS) is 29.9. The van der Waals surface area contributed by atoms with E-state index < -0.39 is 0 Å². The van der Waals surface area contributed by atoms with Gasteiger partial charge in [0.05, 0.1) is 7.11 Å². The summed E-state index contributed by atoms with van der Waals surface area (Å²) in [4.78, 5) is 5.50. The van der Waals surface area contributed by atoms with Gasteiger partial charge in [0.15, 0.2) is 0 Å². The molecule has 3 fully saturated rings. The maximum absolute atomic E-state index is 5.67. The van der Waals surface area contributed by atoms with E-state index in [2.05, 4.69) is 107 Å². The fraction of sp³-hybridized carbons (Fsp3) is 0.419. The molecule has 3 heterocycles. The average molecular weight is 468 g/mol. The second-order valence-electron chi connectivity index (χ2n) is 10.7. The van der Waals surface area contributed by atoms with Crippen molar-refractivity contribution in [3.05, 3.63) is 102 Å². The zero-order valence-corrected chi connectivity index (χ0v) is 20.9. The maximum atomic E-state index is 5.67. The van der Waals surface area contributed by atoms with Gasteiger partial charge in [-0.25, -0.2) is 0 Å². The van der Waals surface area contributed by atoms with E-state index in [4.69, 9.17) is 4.74 Å². The zero-order chi connectivity index (χ0) is 23.8. The molecular weight excluding hydrogens is 430 g/mol. The highest BCUT2D eigenvalue weighted by Gasteiger charge is 2.55. The van der Waals surface area contributed by atoms with Crippen LogP contribution in [0, 0.1) is 5.92 Å². The zero-order valence-electron chi connectivity index (χ0n) is 20.9. The van der Waals surface area contributed by atoms with Crippen LogP contribution in [0.5, 0.6) is 5.75 Å². The van der Waals surface area contributed by atoms with Gasteiger partial charge in [-0.1, -0.05) is 78.9 Å². The lowest BCUT2D eigenvalue weighted by molar-refractivity contribution is -0.0109. The molecule has 3 aromatic rings. The van der Waals surface area contributed by atoms with Crippen LogP contribution in [0.4, 0.5) is 0 Å². The smallest absolute Gasteiger partial charge is 0.123 e. The van der Waals surface area contributed by atoms with Crippen LogP contribution in [-0.4, -0.2) is 61.2 Å². The minimum atomic E-state index is 0.333. The molecule has 4 heteroatoms. The van der Waals surface area contributed by atoms with Gasteiger partial charge in [-0.3, -0.25) is 4.90 Å². The van der Waals surface area contributed by atoms with Crippen molar-refractivity contribution in [2.75, 3.05) is 27.2 Å². The molecular formula is C31H37N3O. The molecule has 4 bridgehead atoms. The molecule has 0 amide bonds. The Kier molecular flexibility index (Phi) is 6.36. The average Bonchev–Trinajstić information content (AvgIpc) is 3.02. The molecule has 1 N–H and O–H groups in total. The van der Waals surface area contributed by atoms with Gasteiger partial charge in [-0.2, -0.15) is 0 Å². The molecule has 3 aliphatic rings. The van der Waals surface area contributed by atoms with Crippen LogP contribution in [0.1, 0.15) is 35.4 Å². The number of piperidine rings is 1. The van der Waals surface area contributed by atoms with E-state index in [-0.39, 0.29) is 0 Å². The summed E-state index contributed by atoms with van der Waals surface area (Å²) < 4.78 is 5.67. The Morgan fingerprint density at radius 1 is 0.857 bits per heavy atom. The lowest BCUT2D eigenvalue weighted by atomic mass is 9.75. The molecule has 35 heavy (non-hydrogen) atoms. The summed E-state index contributed by atoms with van der Waals surface area (Å²) in [6.07, 6.45) is 2.57. The van der Waals surface area contributed by atoms with Crippen molar-refractivity contribution in [2.45, 2.75) is 49.5 Å². The van der Waals surface area contributed by atoms with Crippen molar-refractivity contribution in [3.8, 4) is 5.75 Å². The highest BCUT2D eigenvalue weighted by atomic mass is 16.5. The fourth-order valence-electron chi connectivity index (χ4n) is 7.31. The first kappa shape index (κ1) is 22.8. The second-order valence-corrected chi connectivity index (χ2v) is 10.7. The predicted molar refractivity (Wildman–Crippen MR) is 142 cm³/mol. The van der Waals surface area contributed by atoms with Crippen molar-refractivity contribution < 1.29 is 4.74 Å². The molecule has 0 spiro atoms. The highest BCUT2D eigenvalue weighted by molar-refractivity contribution is 5.37. The minimum Gasteiger partial charge on any atom is -0.496 e. The van der Waals surface area contributed by atoms with Gasteiger partial charge in [0.2, 0.25) is 0 Å². The third kappa shape index (κ3) is 4.29. The monoisotopic (exact) mass is 467 g/mol. The standard InChI is InChI=1S/C31H37N3O/c1-33-20-26-17-25-18-27(32-19-24-15-9-10-16-29(24)35-2)31(34(26)28(25)21-33)30(22-11-5-3-6-12-22)23-13-7-4-8-14-23/h3-16,25-28,30-32H,17-21H2,1-2H3. The second kappa shape index (κ2) is 9.77. The fourth-order valence-corrected chi connectivity index (χ4v) is 7.31. The summed E-state index contributed by atoms with van der Waals surface area (Å²) in [5.74, 6) is 2.07. The van der Waals surface area contributed by atoms with E-state index in [1.54, 1.807) is 7.11 Å². The first-order chi connectivity index (χ1) is 17.2. The number of hydrogen-bond acceptors (Lipinski definition) is 4. The molecule has 6 atom stereocenters. The number of likely N-dealkylation sites (tertiary alicyclic amines) is 1. The molecule has 3 saturated heterocycles. The number of benzene rings is 3. The number of rotatable bonds is 7. The molecule has 3 aromatic carbocycles. The van der Waals surface area contributed by atoms with Crippen LogP contribution < -0.4 is 10.1 Å². The number of hydrogen-bond donors (Lipinski definition) is 1. The Balaban J connectivity index is 1.40. The SMILES string of the molecule is COc1ccccc1CNC1CC2CC3CN(C)CC2N3C1C(c1ccccc1)c1ccccc1. The summed E-state index contributed by atoms with van der Waals surface area (Å²) in [6, 6.07) is 33.0. The number of nitrogens with one attached hydrogen (secondary N) is 1. The van der Waals surface area contributed by atoms with Crippen molar-refractivity contribution in [1.29, 1.82) is 0 Å². The Labute approximate surface area is 209 Å². The molecule has 0 saturated carbocycles. The first-order valence-electron chi connectivity index (χ1n) is 13.1. The molecule has 182 valence electrons. The first-order valence-corrected chi connectivity index (χ1v) is 13.1. The van der Waals surface area contributed by atoms with Gasteiger partial charge < -0.3 is 15.0 Å². The molecule has 0 aromatic heterocycles. The summed E-state index contributed by atoms with van der Waals surface area (Å²) in [5, 5.41) is 4.05. The predicted octanol–water partition coefficient (Wildman–Crippen LogP) is 4.76. The molecule has 6 unspecified atom stereocenters. The van der Waals surface area contributed by atoms with Gasteiger partial charge in [0, 0.05) is 55.3 Å². The van der Waals surface area contributed by atoms with Crippen LogP contribution in [-0.2, 0) is 6.54 Å². The summed E-state index contributed by atoms with van der Waals surface area (Å²) in [7, 11) is 4.08. The number of ether oxygens (including phenoxy) is 1. The lowest BCUT2D eigenvalue weighted by Gasteiger charge is -2.53. The van der Waals surface area contributed by atoms with Crippen molar-refractivity contribution in [3.63, 3.8) is 0 Å².